The number of nitriles is 1. The summed E-state index contributed by atoms with van der Waals surface area (Å²) in [6.07, 6.45) is 6.77. The van der Waals surface area contributed by atoms with Gasteiger partial charge in [0.2, 0.25) is 5.88 Å². The molecule has 0 aliphatic carbocycles. The summed E-state index contributed by atoms with van der Waals surface area (Å²) >= 11 is 0. The van der Waals surface area contributed by atoms with Crippen LogP contribution >= 0.6 is 0 Å². The van der Waals surface area contributed by atoms with Crippen LogP contribution in [0.4, 0.5) is 5.69 Å². The smallest absolute Gasteiger partial charge is 0.231 e. The molecule has 0 aliphatic rings. The molecule has 0 fully saturated rings. The summed E-state index contributed by atoms with van der Waals surface area (Å²) in [6, 6.07) is 7.53. The number of ether oxygens (including phenoxy) is 1. The van der Waals surface area contributed by atoms with Crippen LogP contribution in [0.3, 0.4) is 0 Å². The van der Waals surface area contributed by atoms with Crippen LogP contribution in [0, 0.1) is 11.3 Å². The lowest BCUT2D eigenvalue weighted by Gasteiger charge is -2.07. The average Bonchev–Trinajstić information content (AvgIpc) is 2.46. The van der Waals surface area contributed by atoms with Gasteiger partial charge in [0.15, 0.2) is 0 Å². The van der Waals surface area contributed by atoms with Gasteiger partial charge in [0.05, 0.1) is 18.5 Å². The number of pyridine rings is 2. The first kappa shape index (κ1) is 12.8. The van der Waals surface area contributed by atoms with E-state index in [2.05, 4.69) is 9.97 Å². The predicted octanol–water partition coefficient (Wildman–Crippen LogP) is 1.94. The summed E-state index contributed by atoms with van der Waals surface area (Å²) in [5.41, 5.74) is 7.59. The molecule has 96 valence electrons. The van der Waals surface area contributed by atoms with E-state index in [9.17, 15) is 0 Å². The first-order valence-corrected chi connectivity index (χ1v) is 5.97. The van der Waals surface area contributed by atoms with Gasteiger partial charge in [-0.1, -0.05) is 0 Å². The quantitative estimate of drug-likeness (QED) is 0.824. The minimum absolute atomic E-state index is 0.339. The fourth-order valence-electron chi connectivity index (χ4n) is 1.66. The first-order valence-electron chi connectivity index (χ1n) is 5.97. The van der Waals surface area contributed by atoms with Crippen molar-refractivity contribution in [2.45, 2.75) is 12.8 Å². The maximum Gasteiger partial charge on any atom is 0.231 e. The minimum Gasteiger partial charge on any atom is -0.477 e. The number of nitrogens with zero attached hydrogens (tertiary/aromatic N) is 3. The Hall–Kier alpha value is -2.61. The zero-order valence-corrected chi connectivity index (χ0v) is 10.4. The predicted molar refractivity (Wildman–Crippen MR) is 71.4 cm³/mol. The van der Waals surface area contributed by atoms with E-state index < -0.39 is 0 Å². The normalized spacial score (nSPS) is 9.84. The molecule has 2 rings (SSSR count). The molecular formula is C14H14N4O. The summed E-state index contributed by atoms with van der Waals surface area (Å²) in [5, 5.41) is 8.94. The Labute approximate surface area is 111 Å². The largest absolute Gasteiger partial charge is 0.477 e. The van der Waals surface area contributed by atoms with Crippen LogP contribution in [-0.2, 0) is 6.42 Å². The number of anilines is 1. The van der Waals surface area contributed by atoms with Crippen LogP contribution in [0.1, 0.15) is 17.5 Å². The summed E-state index contributed by atoms with van der Waals surface area (Å²) in [6.45, 7) is 0.508. The Morgan fingerprint density at radius 2 is 2.11 bits per heavy atom. The van der Waals surface area contributed by atoms with Crippen molar-refractivity contribution in [2.75, 3.05) is 12.3 Å². The highest BCUT2D eigenvalue weighted by molar-refractivity contribution is 5.48. The van der Waals surface area contributed by atoms with Crippen LogP contribution in [0.25, 0.3) is 0 Å². The summed E-state index contributed by atoms with van der Waals surface area (Å²) < 4.78 is 5.50. The number of aryl methyl sites for hydroxylation is 1. The molecule has 2 aromatic rings. The molecule has 0 saturated carbocycles. The SMILES string of the molecule is N#Cc1cc(N)cnc1OCCCc1ccncc1. The molecule has 0 unspecified atom stereocenters. The molecule has 2 N–H and O–H groups in total. The molecule has 19 heavy (non-hydrogen) atoms. The standard InChI is InChI=1S/C14H14N4O/c15-9-12-8-13(16)10-18-14(12)19-7-1-2-11-3-5-17-6-4-11/h3-6,8,10H,1-2,7,16H2. The third kappa shape index (κ3) is 3.68. The summed E-state index contributed by atoms with van der Waals surface area (Å²) in [7, 11) is 0. The van der Waals surface area contributed by atoms with E-state index in [0.717, 1.165) is 12.8 Å². The zero-order chi connectivity index (χ0) is 13.5. The third-order valence-corrected chi connectivity index (χ3v) is 2.59. The van der Waals surface area contributed by atoms with Crippen LogP contribution in [0.15, 0.2) is 36.8 Å². The molecule has 2 heterocycles. The molecule has 0 aliphatic heterocycles. The lowest BCUT2D eigenvalue weighted by atomic mass is 10.1. The molecule has 0 aromatic carbocycles. The van der Waals surface area contributed by atoms with E-state index in [-0.39, 0.29) is 0 Å². The molecule has 0 radical (unpaired) electrons. The monoisotopic (exact) mass is 254 g/mol. The first-order chi connectivity index (χ1) is 9.29. The van der Waals surface area contributed by atoms with Gasteiger partial charge in [-0.3, -0.25) is 4.98 Å². The average molecular weight is 254 g/mol. The van der Waals surface area contributed by atoms with Crippen molar-refractivity contribution in [1.82, 2.24) is 9.97 Å². The lowest BCUT2D eigenvalue weighted by Crippen LogP contribution is -2.03. The van der Waals surface area contributed by atoms with Gasteiger partial charge in [-0.15, -0.1) is 0 Å². The molecular weight excluding hydrogens is 240 g/mol. The minimum atomic E-state index is 0.339. The number of rotatable bonds is 5. The fraction of sp³-hybridized carbons (Fsp3) is 0.214. The number of nitrogen functional groups attached to an aromatic ring is 1. The summed E-state index contributed by atoms with van der Waals surface area (Å²) in [5.74, 6) is 0.339. The van der Waals surface area contributed by atoms with Gasteiger partial charge in [-0.05, 0) is 36.6 Å². The number of aromatic nitrogens is 2. The Balaban J connectivity index is 1.85. The van der Waals surface area contributed by atoms with Gasteiger partial charge < -0.3 is 10.5 Å². The van der Waals surface area contributed by atoms with Crippen LogP contribution in [0.5, 0.6) is 5.88 Å². The summed E-state index contributed by atoms with van der Waals surface area (Å²) in [4.78, 5) is 7.98. The van der Waals surface area contributed by atoms with E-state index in [0.29, 0.717) is 23.7 Å². The zero-order valence-electron chi connectivity index (χ0n) is 10.4. The molecule has 0 bridgehead atoms. The molecule has 0 amide bonds. The van der Waals surface area contributed by atoms with Crippen molar-refractivity contribution in [2.24, 2.45) is 0 Å². The van der Waals surface area contributed by atoms with Crippen LogP contribution in [0.2, 0.25) is 0 Å². The number of hydrogen-bond acceptors (Lipinski definition) is 5. The number of nitrogens with two attached hydrogens (primary N) is 1. The molecule has 2 aromatic heterocycles. The third-order valence-electron chi connectivity index (χ3n) is 2.59. The molecule has 0 atom stereocenters. The van der Waals surface area contributed by atoms with E-state index >= 15 is 0 Å². The highest BCUT2D eigenvalue weighted by atomic mass is 16.5. The van der Waals surface area contributed by atoms with Crippen LogP contribution in [-0.4, -0.2) is 16.6 Å². The van der Waals surface area contributed by atoms with Crippen molar-refractivity contribution in [3.05, 3.63) is 47.9 Å². The number of hydrogen-bond donors (Lipinski definition) is 1. The Morgan fingerprint density at radius 3 is 2.84 bits per heavy atom. The molecule has 0 saturated heterocycles. The van der Waals surface area contributed by atoms with Crippen LogP contribution < -0.4 is 10.5 Å². The molecule has 0 spiro atoms. The van der Waals surface area contributed by atoms with Gasteiger partial charge in [0, 0.05) is 12.4 Å². The maximum atomic E-state index is 8.94. The van der Waals surface area contributed by atoms with E-state index in [1.165, 1.54) is 11.8 Å². The Kier molecular flexibility index (Phi) is 4.29. The molecule has 5 heteroatoms. The van der Waals surface area contributed by atoms with Gasteiger partial charge in [-0.25, -0.2) is 4.98 Å². The topological polar surface area (TPSA) is 84.8 Å². The highest BCUT2D eigenvalue weighted by Crippen LogP contribution is 2.16. The van der Waals surface area contributed by atoms with Gasteiger partial charge in [-0.2, -0.15) is 5.26 Å². The van der Waals surface area contributed by atoms with Crippen molar-refractivity contribution in [3.8, 4) is 11.9 Å². The van der Waals surface area contributed by atoms with Gasteiger partial charge >= 0.3 is 0 Å². The molecule has 5 nitrogen and oxygen atoms in total. The van der Waals surface area contributed by atoms with E-state index in [4.69, 9.17) is 15.7 Å². The Bertz CT molecular complexity index is 578. The van der Waals surface area contributed by atoms with Crippen molar-refractivity contribution < 1.29 is 4.74 Å². The van der Waals surface area contributed by atoms with Crippen molar-refractivity contribution in [1.29, 1.82) is 5.26 Å². The lowest BCUT2D eigenvalue weighted by molar-refractivity contribution is 0.298. The van der Waals surface area contributed by atoms with E-state index in [1.54, 1.807) is 18.5 Å². The Morgan fingerprint density at radius 1 is 1.32 bits per heavy atom. The highest BCUT2D eigenvalue weighted by Gasteiger charge is 2.05. The van der Waals surface area contributed by atoms with E-state index in [1.807, 2.05) is 18.2 Å². The van der Waals surface area contributed by atoms with Crippen molar-refractivity contribution in [3.63, 3.8) is 0 Å². The maximum absolute atomic E-state index is 8.94. The van der Waals surface area contributed by atoms with Crippen molar-refractivity contribution >= 4 is 5.69 Å². The van der Waals surface area contributed by atoms with Gasteiger partial charge in [0.25, 0.3) is 0 Å². The van der Waals surface area contributed by atoms with Gasteiger partial charge in [0.1, 0.15) is 11.6 Å². The second kappa shape index (κ2) is 6.36. The second-order valence-electron chi connectivity index (χ2n) is 4.04. The second-order valence-corrected chi connectivity index (χ2v) is 4.04. The fourth-order valence-corrected chi connectivity index (χ4v) is 1.66.